The molecule has 2 aromatic rings. The van der Waals surface area contributed by atoms with Crippen LogP contribution in [0.5, 0.6) is 0 Å². The Morgan fingerprint density at radius 2 is 1.58 bits per heavy atom. The lowest BCUT2D eigenvalue weighted by molar-refractivity contribution is -0.114. The Hall–Kier alpha value is -2.87. The van der Waals surface area contributed by atoms with Gasteiger partial charge in [-0.2, -0.15) is 0 Å². The zero-order valence-electron chi connectivity index (χ0n) is 13.4. The third kappa shape index (κ3) is 2.61. The molecule has 0 aromatic heterocycles. The number of ether oxygens (including phenoxy) is 1. The first-order valence-corrected chi connectivity index (χ1v) is 8.17. The van der Waals surface area contributed by atoms with Gasteiger partial charge in [0.1, 0.15) is 11.9 Å². The molecule has 2 aliphatic rings. The molecule has 1 aliphatic carbocycles. The summed E-state index contributed by atoms with van der Waals surface area (Å²) in [6, 6.07) is 18.6. The van der Waals surface area contributed by atoms with Crippen molar-refractivity contribution in [1.29, 1.82) is 0 Å². The molecule has 4 rings (SSSR count). The van der Waals surface area contributed by atoms with Crippen molar-refractivity contribution in [2.24, 2.45) is 0 Å². The van der Waals surface area contributed by atoms with E-state index in [1.54, 1.807) is 0 Å². The zero-order valence-corrected chi connectivity index (χ0v) is 13.4. The van der Waals surface area contributed by atoms with Crippen LogP contribution in [-0.4, -0.2) is 5.78 Å². The molecular formula is C22H18O2. The number of carbonyl (C=O) groups is 1. The van der Waals surface area contributed by atoms with Crippen LogP contribution in [0, 0.1) is 0 Å². The monoisotopic (exact) mass is 314 g/mol. The van der Waals surface area contributed by atoms with E-state index in [9.17, 15) is 4.79 Å². The first-order chi connectivity index (χ1) is 11.7. The van der Waals surface area contributed by atoms with Gasteiger partial charge in [-0.25, -0.2) is 0 Å². The predicted octanol–water partition coefficient (Wildman–Crippen LogP) is 5.15. The van der Waals surface area contributed by atoms with E-state index in [2.05, 4.69) is 43.0 Å². The maximum absolute atomic E-state index is 11.9. The van der Waals surface area contributed by atoms with Crippen LogP contribution in [0.4, 0.5) is 0 Å². The lowest BCUT2D eigenvalue weighted by atomic mass is 9.98. The van der Waals surface area contributed by atoms with E-state index < -0.39 is 0 Å². The Morgan fingerprint density at radius 3 is 2.33 bits per heavy atom. The summed E-state index contributed by atoms with van der Waals surface area (Å²) in [5, 5.41) is 0. The number of ketones is 1. The molecule has 0 amide bonds. The van der Waals surface area contributed by atoms with Gasteiger partial charge in [-0.15, -0.1) is 0 Å². The van der Waals surface area contributed by atoms with Crippen molar-refractivity contribution in [2.75, 3.05) is 0 Å². The van der Waals surface area contributed by atoms with Crippen LogP contribution in [0.3, 0.4) is 0 Å². The predicted molar refractivity (Wildman–Crippen MR) is 95.3 cm³/mol. The largest absolute Gasteiger partial charge is 0.485 e. The average molecular weight is 314 g/mol. The van der Waals surface area contributed by atoms with Gasteiger partial charge >= 0.3 is 0 Å². The molecule has 2 heteroatoms. The standard InChI is InChI=1S/C22H18O2/c1-15-7-12-19-20(23)13-14-21(19)24-22(15)18-10-8-17(9-11-18)16-5-3-2-4-6-16/h2-12,22H,1,13-14H2. The molecule has 0 bridgehead atoms. The third-order valence-electron chi connectivity index (χ3n) is 4.56. The van der Waals surface area contributed by atoms with Crippen LogP contribution in [-0.2, 0) is 9.53 Å². The van der Waals surface area contributed by atoms with Crippen molar-refractivity contribution >= 4 is 5.78 Å². The maximum atomic E-state index is 11.9. The molecule has 118 valence electrons. The van der Waals surface area contributed by atoms with Crippen LogP contribution in [0.25, 0.3) is 11.1 Å². The van der Waals surface area contributed by atoms with Crippen LogP contribution >= 0.6 is 0 Å². The first kappa shape index (κ1) is 14.7. The van der Waals surface area contributed by atoms with Gasteiger partial charge in [-0.3, -0.25) is 4.79 Å². The van der Waals surface area contributed by atoms with Gasteiger partial charge < -0.3 is 4.74 Å². The molecule has 0 saturated carbocycles. The molecule has 0 saturated heterocycles. The second-order valence-electron chi connectivity index (χ2n) is 6.15. The van der Waals surface area contributed by atoms with Crippen molar-refractivity contribution in [3.63, 3.8) is 0 Å². The van der Waals surface area contributed by atoms with Gasteiger partial charge in [0.2, 0.25) is 0 Å². The molecule has 0 radical (unpaired) electrons. The molecule has 1 unspecified atom stereocenters. The Kier molecular flexibility index (Phi) is 3.66. The number of Topliss-reactive ketones (excluding diaryl/α,β-unsaturated/α-hetero) is 1. The summed E-state index contributed by atoms with van der Waals surface area (Å²) in [5.41, 5.74) is 4.99. The normalized spacial score (nSPS) is 19.9. The summed E-state index contributed by atoms with van der Waals surface area (Å²) < 4.78 is 6.15. The second-order valence-corrected chi connectivity index (χ2v) is 6.15. The van der Waals surface area contributed by atoms with E-state index in [4.69, 9.17) is 4.74 Å². The molecule has 0 N–H and O–H groups in total. The Bertz CT molecular complexity index is 855. The first-order valence-electron chi connectivity index (χ1n) is 8.17. The third-order valence-corrected chi connectivity index (χ3v) is 4.56. The van der Waals surface area contributed by atoms with Crippen LogP contribution < -0.4 is 0 Å². The number of carbonyl (C=O) groups excluding carboxylic acids is 1. The minimum atomic E-state index is -0.232. The Labute approximate surface area is 141 Å². The highest BCUT2D eigenvalue weighted by molar-refractivity contribution is 6.01. The number of allylic oxidation sites excluding steroid dienone is 3. The lowest BCUT2D eigenvalue weighted by Gasteiger charge is -2.20. The number of hydrogen-bond acceptors (Lipinski definition) is 2. The molecule has 1 aliphatic heterocycles. The van der Waals surface area contributed by atoms with Crippen LogP contribution in [0.2, 0.25) is 0 Å². The lowest BCUT2D eigenvalue weighted by Crippen LogP contribution is -2.04. The highest BCUT2D eigenvalue weighted by Gasteiger charge is 2.28. The van der Waals surface area contributed by atoms with E-state index in [0.29, 0.717) is 18.4 Å². The van der Waals surface area contributed by atoms with Crippen molar-refractivity contribution < 1.29 is 9.53 Å². The van der Waals surface area contributed by atoms with E-state index in [1.807, 2.05) is 30.4 Å². The molecule has 0 spiro atoms. The van der Waals surface area contributed by atoms with Crippen molar-refractivity contribution in [3.8, 4) is 11.1 Å². The van der Waals surface area contributed by atoms with Crippen molar-refractivity contribution in [3.05, 3.63) is 95.8 Å². The summed E-state index contributed by atoms with van der Waals surface area (Å²) >= 11 is 0. The summed E-state index contributed by atoms with van der Waals surface area (Å²) in [4.78, 5) is 11.9. The minimum Gasteiger partial charge on any atom is -0.485 e. The minimum absolute atomic E-state index is 0.161. The molecule has 2 nitrogen and oxygen atoms in total. The van der Waals surface area contributed by atoms with E-state index in [0.717, 1.165) is 16.9 Å². The number of rotatable bonds is 2. The second kappa shape index (κ2) is 5.97. The molecular weight excluding hydrogens is 296 g/mol. The Morgan fingerprint density at radius 1 is 0.875 bits per heavy atom. The zero-order chi connectivity index (χ0) is 16.5. The fourth-order valence-corrected chi connectivity index (χ4v) is 3.22. The highest BCUT2D eigenvalue weighted by atomic mass is 16.5. The van der Waals surface area contributed by atoms with Crippen molar-refractivity contribution in [2.45, 2.75) is 18.9 Å². The fourth-order valence-electron chi connectivity index (χ4n) is 3.22. The molecule has 24 heavy (non-hydrogen) atoms. The van der Waals surface area contributed by atoms with Gasteiger partial charge in [0.05, 0.1) is 5.57 Å². The molecule has 0 fully saturated rings. The fraction of sp³-hybridized carbons (Fsp3) is 0.136. The summed E-state index contributed by atoms with van der Waals surface area (Å²) in [6.07, 6.45) is 4.75. The molecule has 1 heterocycles. The summed E-state index contributed by atoms with van der Waals surface area (Å²) in [7, 11) is 0. The topological polar surface area (TPSA) is 26.3 Å². The van der Waals surface area contributed by atoms with Gasteiger partial charge in [0.15, 0.2) is 5.78 Å². The van der Waals surface area contributed by atoms with E-state index in [1.165, 1.54) is 11.1 Å². The van der Waals surface area contributed by atoms with Gasteiger partial charge in [-0.1, -0.05) is 67.3 Å². The van der Waals surface area contributed by atoms with Gasteiger partial charge in [-0.05, 0) is 28.3 Å². The molecule has 2 aromatic carbocycles. The Balaban J connectivity index is 1.64. The molecule has 1 atom stereocenters. The van der Waals surface area contributed by atoms with Gasteiger partial charge in [0, 0.05) is 12.8 Å². The quantitative estimate of drug-likeness (QED) is 0.766. The smallest absolute Gasteiger partial charge is 0.166 e. The summed E-state index contributed by atoms with van der Waals surface area (Å²) in [5.74, 6) is 0.959. The number of hydrogen-bond donors (Lipinski definition) is 0. The van der Waals surface area contributed by atoms with Crippen LogP contribution in [0.1, 0.15) is 24.5 Å². The van der Waals surface area contributed by atoms with Gasteiger partial charge in [0.25, 0.3) is 0 Å². The van der Waals surface area contributed by atoms with E-state index in [-0.39, 0.29) is 11.9 Å². The van der Waals surface area contributed by atoms with Crippen LogP contribution in [0.15, 0.2) is 90.2 Å². The summed E-state index contributed by atoms with van der Waals surface area (Å²) in [6.45, 7) is 4.12. The highest BCUT2D eigenvalue weighted by Crippen LogP contribution is 2.37. The average Bonchev–Trinajstić information content (AvgIpc) is 2.88. The maximum Gasteiger partial charge on any atom is 0.166 e. The SMILES string of the molecule is C=C1C=CC2=C(CCC2=O)OC1c1ccc(-c2ccccc2)cc1. The van der Waals surface area contributed by atoms with Crippen molar-refractivity contribution in [1.82, 2.24) is 0 Å². The van der Waals surface area contributed by atoms with E-state index >= 15 is 0 Å². The number of benzene rings is 2.